The van der Waals surface area contributed by atoms with Crippen LogP contribution in [-0.4, -0.2) is 46.0 Å². The highest BCUT2D eigenvalue weighted by atomic mass is 32.2. The van der Waals surface area contributed by atoms with Crippen LogP contribution in [0.1, 0.15) is 12.5 Å². The molecule has 7 nitrogen and oxygen atoms in total. The number of thiophene rings is 1. The molecular formula is C17H20F2N2O5S2. The Bertz CT molecular complexity index is 904. The van der Waals surface area contributed by atoms with Crippen molar-refractivity contribution in [3.8, 4) is 11.5 Å². The minimum absolute atomic E-state index is 0.0630. The molecule has 2 aromatic rings. The lowest BCUT2D eigenvalue weighted by Gasteiger charge is -2.22. The fourth-order valence-corrected chi connectivity index (χ4v) is 4.65. The van der Waals surface area contributed by atoms with E-state index in [1.807, 2.05) is 0 Å². The van der Waals surface area contributed by atoms with Crippen LogP contribution < -0.4 is 14.2 Å². The number of nitrogens with zero attached hydrogens (tertiary/aromatic N) is 1. The average molecular weight is 434 g/mol. The van der Waals surface area contributed by atoms with Crippen LogP contribution in [-0.2, 0) is 21.4 Å². The fraction of sp³-hybridized carbons (Fsp3) is 0.353. The molecule has 0 spiro atoms. The first-order valence-corrected chi connectivity index (χ1v) is 10.4. The van der Waals surface area contributed by atoms with E-state index < -0.39 is 28.6 Å². The number of hydrogen-bond acceptors (Lipinski definition) is 6. The van der Waals surface area contributed by atoms with Crippen LogP contribution in [0.25, 0.3) is 0 Å². The number of benzene rings is 1. The summed E-state index contributed by atoms with van der Waals surface area (Å²) in [5, 5.41) is 1.62. The summed E-state index contributed by atoms with van der Waals surface area (Å²) in [6.45, 7) is -1.52. The summed E-state index contributed by atoms with van der Waals surface area (Å²) in [6, 6.07) is 6.42. The molecule has 0 aliphatic carbocycles. The Morgan fingerprint density at radius 2 is 2.00 bits per heavy atom. The molecule has 2 rings (SSSR count). The number of rotatable bonds is 9. The van der Waals surface area contributed by atoms with Gasteiger partial charge in [-0.2, -0.15) is 13.5 Å². The molecule has 1 aromatic heterocycles. The highest BCUT2D eigenvalue weighted by Gasteiger charge is 2.25. The van der Waals surface area contributed by atoms with E-state index in [4.69, 9.17) is 4.74 Å². The number of methoxy groups -OCH3 is 1. The Kier molecular flexibility index (Phi) is 7.33. The molecule has 0 aliphatic heterocycles. The summed E-state index contributed by atoms with van der Waals surface area (Å²) >= 11 is 1.04. The second kappa shape index (κ2) is 9.30. The molecule has 0 radical (unpaired) electrons. The first kappa shape index (κ1) is 22.1. The number of carbonyl (C=O) groups is 1. The summed E-state index contributed by atoms with van der Waals surface area (Å²) in [4.78, 5) is 13.8. The Morgan fingerprint density at radius 3 is 2.57 bits per heavy atom. The van der Waals surface area contributed by atoms with Gasteiger partial charge in [0, 0.05) is 13.6 Å². The molecule has 1 N–H and O–H groups in total. The number of ether oxygens (including phenoxy) is 2. The van der Waals surface area contributed by atoms with Gasteiger partial charge in [0.1, 0.15) is 4.21 Å². The first-order valence-electron chi connectivity index (χ1n) is 8.06. The van der Waals surface area contributed by atoms with Crippen LogP contribution in [0.15, 0.2) is 39.9 Å². The highest BCUT2D eigenvalue weighted by Crippen LogP contribution is 2.30. The maximum absolute atomic E-state index is 12.5. The SMILES string of the molecule is COc1ccc(CN(C)C(=O)C(C)NS(=O)(=O)c2cccs2)cc1OC(F)F. The average Bonchev–Trinajstić information content (AvgIpc) is 3.16. The largest absolute Gasteiger partial charge is 0.493 e. The zero-order valence-electron chi connectivity index (χ0n) is 15.4. The van der Waals surface area contributed by atoms with Crippen molar-refractivity contribution in [1.82, 2.24) is 9.62 Å². The lowest BCUT2D eigenvalue weighted by atomic mass is 10.2. The zero-order chi connectivity index (χ0) is 20.9. The Hall–Kier alpha value is -2.24. The van der Waals surface area contributed by atoms with E-state index in [0.717, 1.165) is 11.3 Å². The van der Waals surface area contributed by atoms with Crippen LogP contribution >= 0.6 is 11.3 Å². The van der Waals surface area contributed by atoms with Crippen molar-refractivity contribution in [2.24, 2.45) is 0 Å². The summed E-state index contributed by atoms with van der Waals surface area (Å²) in [6.07, 6.45) is 0. The Morgan fingerprint density at radius 1 is 1.29 bits per heavy atom. The number of amides is 1. The monoisotopic (exact) mass is 434 g/mol. The van der Waals surface area contributed by atoms with Crippen molar-refractivity contribution in [2.75, 3.05) is 14.2 Å². The van der Waals surface area contributed by atoms with Crippen LogP contribution in [0.5, 0.6) is 11.5 Å². The molecule has 11 heteroatoms. The quantitative estimate of drug-likeness (QED) is 0.656. The third-order valence-electron chi connectivity index (χ3n) is 3.70. The number of sulfonamides is 1. The van der Waals surface area contributed by atoms with Crippen molar-refractivity contribution in [2.45, 2.75) is 30.3 Å². The predicted molar refractivity (Wildman–Crippen MR) is 100 cm³/mol. The van der Waals surface area contributed by atoms with Crippen molar-refractivity contribution in [3.05, 3.63) is 41.3 Å². The molecule has 0 bridgehead atoms. The molecule has 1 atom stereocenters. The van der Waals surface area contributed by atoms with Crippen LogP contribution in [0.2, 0.25) is 0 Å². The molecule has 1 amide bonds. The van der Waals surface area contributed by atoms with E-state index in [2.05, 4.69) is 9.46 Å². The Labute approximate surface area is 165 Å². The summed E-state index contributed by atoms with van der Waals surface area (Å²) in [5.74, 6) is -0.496. The van der Waals surface area contributed by atoms with Crippen LogP contribution in [0, 0.1) is 0 Å². The highest BCUT2D eigenvalue weighted by molar-refractivity contribution is 7.91. The van der Waals surface area contributed by atoms with Crippen molar-refractivity contribution in [1.29, 1.82) is 0 Å². The number of halogens is 2. The molecule has 1 aromatic carbocycles. The van der Waals surface area contributed by atoms with Crippen molar-refractivity contribution < 1.29 is 31.5 Å². The van der Waals surface area contributed by atoms with Gasteiger partial charge in [-0.3, -0.25) is 4.79 Å². The second-order valence-electron chi connectivity index (χ2n) is 5.83. The van der Waals surface area contributed by atoms with Gasteiger partial charge in [-0.25, -0.2) is 8.42 Å². The first-order chi connectivity index (χ1) is 13.1. The minimum Gasteiger partial charge on any atom is -0.493 e. The van der Waals surface area contributed by atoms with Gasteiger partial charge in [-0.05, 0) is 36.1 Å². The standard InChI is InChI=1S/C17H20F2N2O5S2/c1-11(20-28(23,24)15-5-4-8-27-15)16(22)21(2)10-12-6-7-13(25-3)14(9-12)26-17(18)19/h4-9,11,17,20H,10H2,1-3H3. The number of alkyl halides is 2. The lowest BCUT2D eigenvalue weighted by molar-refractivity contribution is -0.131. The maximum Gasteiger partial charge on any atom is 0.387 e. The summed E-state index contributed by atoms with van der Waals surface area (Å²) in [5.41, 5.74) is 0.514. The van der Waals surface area contributed by atoms with E-state index in [1.54, 1.807) is 17.5 Å². The third kappa shape index (κ3) is 5.63. The number of likely N-dealkylation sites (N-methyl/N-ethyl adjacent to an activating group) is 1. The van der Waals surface area contributed by atoms with Gasteiger partial charge in [0.05, 0.1) is 13.2 Å². The lowest BCUT2D eigenvalue weighted by Crippen LogP contribution is -2.45. The van der Waals surface area contributed by atoms with Gasteiger partial charge in [-0.1, -0.05) is 12.1 Å². The molecule has 0 saturated heterocycles. The number of nitrogens with one attached hydrogen (secondary N) is 1. The molecule has 154 valence electrons. The van der Waals surface area contributed by atoms with Crippen LogP contribution in [0.4, 0.5) is 8.78 Å². The van der Waals surface area contributed by atoms with Crippen LogP contribution in [0.3, 0.4) is 0 Å². The Balaban J connectivity index is 2.07. The smallest absolute Gasteiger partial charge is 0.387 e. The van der Waals surface area contributed by atoms with Crippen molar-refractivity contribution in [3.63, 3.8) is 0 Å². The molecule has 1 heterocycles. The van der Waals surface area contributed by atoms with E-state index in [-0.39, 0.29) is 22.3 Å². The second-order valence-corrected chi connectivity index (χ2v) is 8.72. The van der Waals surface area contributed by atoms with Crippen molar-refractivity contribution >= 4 is 27.3 Å². The molecule has 0 aliphatic rings. The van der Waals surface area contributed by atoms with E-state index >= 15 is 0 Å². The van der Waals surface area contributed by atoms with Gasteiger partial charge in [-0.15, -0.1) is 11.3 Å². The molecule has 28 heavy (non-hydrogen) atoms. The molecule has 0 fully saturated rings. The van der Waals surface area contributed by atoms with Gasteiger partial charge in [0.25, 0.3) is 10.0 Å². The van der Waals surface area contributed by atoms with Gasteiger partial charge >= 0.3 is 6.61 Å². The van der Waals surface area contributed by atoms with Gasteiger partial charge in [0.15, 0.2) is 11.5 Å². The normalized spacial score (nSPS) is 12.6. The van der Waals surface area contributed by atoms with E-state index in [0.29, 0.717) is 5.56 Å². The van der Waals surface area contributed by atoms with E-state index in [1.165, 1.54) is 44.2 Å². The van der Waals surface area contributed by atoms with E-state index in [9.17, 15) is 22.0 Å². The van der Waals surface area contributed by atoms with Gasteiger partial charge in [0.2, 0.25) is 5.91 Å². The molecular weight excluding hydrogens is 414 g/mol. The maximum atomic E-state index is 12.5. The molecule has 0 saturated carbocycles. The summed E-state index contributed by atoms with van der Waals surface area (Å²) in [7, 11) is -0.990. The minimum atomic E-state index is -3.80. The number of hydrogen-bond donors (Lipinski definition) is 1. The summed E-state index contributed by atoms with van der Waals surface area (Å²) < 4.78 is 61.4. The predicted octanol–water partition coefficient (Wildman–Crippen LogP) is 2.68. The third-order valence-corrected chi connectivity index (χ3v) is 6.64. The number of carbonyl (C=O) groups excluding carboxylic acids is 1. The molecule has 1 unspecified atom stereocenters. The van der Waals surface area contributed by atoms with Gasteiger partial charge < -0.3 is 14.4 Å². The zero-order valence-corrected chi connectivity index (χ0v) is 17.0. The topological polar surface area (TPSA) is 84.9 Å². The fourth-order valence-electron chi connectivity index (χ4n) is 2.45.